The van der Waals surface area contributed by atoms with Crippen molar-refractivity contribution in [3.63, 3.8) is 0 Å². The molecule has 0 bridgehead atoms. The zero-order valence-corrected chi connectivity index (χ0v) is 9.11. The zero-order valence-electron chi connectivity index (χ0n) is 9.11. The van der Waals surface area contributed by atoms with Gasteiger partial charge in [-0.3, -0.25) is 4.79 Å². The molecule has 0 saturated heterocycles. The molecule has 5 heteroatoms. The summed E-state index contributed by atoms with van der Waals surface area (Å²) in [5, 5.41) is 11.1. The fourth-order valence-corrected chi connectivity index (χ4v) is 1.39. The van der Waals surface area contributed by atoms with Gasteiger partial charge in [-0.2, -0.15) is 0 Å². The molecule has 16 heavy (non-hydrogen) atoms. The van der Waals surface area contributed by atoms with Crippen LogP contribution in [0.3, 0.4) is 0 Å². The van der Waals surface area contributed by atoms with Gasteiger partial charge in [0.25, 0.3) is 0 Å². The summed E-state index contributed by atoms with van der Waals surface area (Å²) in [7, 11) is 0. The smallest absolute Gasteiger partial charge is 0.318 e. The second kappa shape index (κ2) is 6.01. The van der Waals surface area contributed by atoms with E-state index in [1.807, 2.05) is 0 Å². The highest BCUT2D eigenvalue weighted by atomic mass is 16.4. The molecule has 1 aliphatic rings. The van der Waals surface area contributed by atoms with Crippen LogP contribution in [0, 0.1) is 12.3 Å². The Labute approximate surface area is 94.8 Å². The van der Waals surface area contributed by atoms with E-state index >= 15 is 0 Å². The molecule has 0 aromatic rings. The van der Waals surface area contributed by atoms with Crippen molar-refractivity contribution in [2.24, 2.45) is 0 Å². The zero-order chi connectivity index (χ0) is 12.0. The van der Waals surface area contributed by atoms with Crippen molar-refractivity contribution in [1.29, 1.82) is 0 Å². The molecular formula is C11H16N2O3. The molecule has 0 unspecified atom stereocenters. The first-order chi connectivity index (χ1) is 7.65. The summed E-state index contributed by atoms with van der Waals surface area (Å²) in [4.78, 5) is 23.5. The molecule has 88 valence electrons. The van der Waals surface area contributed by atoms with Gasteiger partial charge in [0.05, 0.1) is 6.54 Å². The molecule has 1 saturated carbocycles. The largest absolute Gasteiger partial charge is 0.481 e. The molecule has 0 radical (unpaired) electrons. The quantitative estimate of drug-likeness (QED) is 0.514. The van der Waals surface area contributed by atoms with Crippen molar-refractivity contribution in [3.8, 4) is 12.3 Å². The van der Waals surface area contributed by atoms with Crippen LogP contribution in [-0.2, 0) is 4.79 Å². The average Bonchev–Trinajstić information content (AvgIpc) is 3.04. The van der Waals surface area contributed by atoms with Crippen LogP contribution in [0.4, 0.5) is 4.79 Å². The average molecular weight is 224 g/mol. The summed E-state index contributed by atoms with van der Waals surface area (Å²) in [5.74, 6) is 1.60. The maximum Gasteiger partial charge on any atom is 0.318 e. The van der Waals surface area contributed by atoms with Gasteiger partial charge < -0.3 is 15.3 Å². The van der Waals surface area contributed by atoms with Crippen molar-refractivity contribution in [2.75, 3.05) is 13.1 Å². The summed E-state index contributed by atoms with van der Waals surface area (Å²) >= 11 is 0. The van der Waals surface area contributed by atoms with Gasteiger partial charge in [-0.1, -0.05) is 5.92 Å². The number of hydrogen-bond donors (Lipinski definition) is 2. The van der Waals surface area contributed by atoms with Crippen molar-refractivity contribution in [3.05, 3.63) is 0 Å². The van der Waals surface area contributed by atoms with Crippen LogP contribution in [0.15, 0.2) is 0 Å². The maximum absolute atomic E-state index is 11.6. The van der Waals surface area contributed by atoms with Gasteiger partial charge in [0.1, 0.15) is 0 Å². The summed E-state index contributed by atoms with van der Waals surface area (Å²) in [6, 6.07) is 0.0846. The lowest BCUT2D eigenvalue weighted by atomic mass is 10.3. The van der Waals surface area contributed by atoms with E-state index in [0.29, 0.717) is 19.5 Å². The highest BCUT2D eigenvalue weighted by molar-refractivity contribution is 5.75. The summed E-state index contributed by atoms with van der Waals surface area (Å²) < 4.78 is 0. The maximum atomic E-state index is 11.6. The van der Waals surface area contributed by atoms with Crippen LogP contribution in [0.25, 0.3) is 0 Å². The van der Waals surface area contributed by atoms with Crippen molar-refractivity contribution in [2.45, 2.75) is 31.7 Å². The van der Waals surface area contributed by atoms with Crippen LogP contribution < -0.4 is 5.32 Å². The molecular weight excluding hydrogens is 208 g/mol. The monoisotopic (exact) mass is 224 g/mol. The minimum atomic E-state index is -0.850. The first-order valence-corrected chi connectivity index (χ1v) is 5.35. The second-order valence-electron chi connectivity index (χ2n) is 3.79. The number of carbonyl (C=O) groups excluding carboxylic acids is 1. The number of aliphatic carboxylic acids is 1. The minimum Gasteiger partial charge on any atom is -0.481 e. The van der Waals surface area contributed by atoms with E-state index in [9.17, 15) is 9.59 Å². The molecule has 0 spiro atoms. The molecule has 1 aliphatic carbocycles. The van der Waals surface area contributed by atoms with Gasteiger partial charge >= 0.3 is 12.0 Å². The molecule has 0 aromatic carbocycles. The number of amides is 2. The standard InChI is InChI=1S/C11H16N2O3/c1-2-8-13(9-5-6-9)11(16)12-7-3-4-10(14)15/h1,9H,3-8H2,(H,12,16)(H,14,15). The second-order valence-corrected chi connectivity index (χ2v) is 3.79. The highest BCUT2D eigenvalue weighted by Crippen LogP contribution is 2.26. The molecule has 5 nitrogen and oxygen atoms in total. The van der Waals surface area contributed by atoms with Crippen molar-refractivity contribution in [1.82, 2.24) is 10.2 Å². The number of urea groups is 1. The van der Waals surface area contributed by atoms with Crippen LogP contribution in [0.5, 0.6) is 0 Å². The SMILES string of the molecule is C#CCN(C(=O)NCCCC(=O)O)C1CC1. The topological polar surface area (TPSA) is 69.6 Å². The Morgan fingerprint density at radius 3 is 2.69 bits per heavy atom. The van der Waals surface area contributed by atoms with Gasteiger partial charge in [0.15, 0.2) is 0 Å². The number of carboxylic acids is 1. The first kappa shape index (κ1) is 12.4. The van der Waals surface area contributed by atoms with Crippen LogP contribution >= 0.6 is 0 Å². The van der Waals surface area contributed by atoms with Crippen molar-refractivity contribution >= 4 is 12.0 Å². The third kappa shape index (κ3) is 4.22. The van der Waals surface area contributed by atoms with Crippen molar-refractivity contribution < 1.29 is 14.7 Å². The van der Waals surface area contributed by atoms with E-state index in [1.165, 1.54) is 0 Å². The molecule has 0 heterocycles. The molecule has 0 aliphatic heterocycles. The van der Waals surface area contributed by atoms with Gasteiger partial charge in [0, 0.05) is 19.0 Å². The molecule has 1 rings (SSSR count). The molecule has 2 amide bonds. The normalized spacial score (nSPS) is 13.9. The highest BCUT2D eigenvalue weighted by Gasteiger charge is 2.31. The number of rotatable bonds is 6. The number of nitrogens with zero attached hydrogens (tertiary/aromatic N) is 1. The lowest BCUT2D eigenvalue weighted by molar-refractivity contribution is -0.137. The lowest BCUT2D eigenvalue weighted by Gasteiger charge is -2.20. The minimum absolute atomic E-state index is 0.0683. The predicted molar refractivity (Wildman–Crippen MR) is 58.8 cm³/mol. The predicted octanol–water partition coefficient (Wildman–Crippen LogP) is 0.658. The van der Waals surface area contributed by atoms with E-state index in [2.05, 4.69) is 11.2 Å². The number of hydrogen-bond acceptors (Lipinski definition) is 2. The van der Waals surface area contributed by atoms with Crippen LogP contribution in [0.1, 0.15) is 25.7 Å². The third-order valence-corrected chi connectivity index (χ3v) is 2.35. The fraction of sp³-hybridized carbons (Fsp3) is 0.636. The van der Waals surface area contributed by atoms with Gasteiger partial charge in [-0.25, -0.2) is 4.79 Å². The lowest BCUT2D eigenvalue weighted by Crippen LogP contribution is -2.42. The number of nitrogens with one attached hydrogen (secondary N) is 1. The Kier molecular flexibility index (Phi) is 4.65. The molecule has 0 aromatic heterocycles. The summed E-state index contributed by atoms with van der Waals surface area (Å²) in [5.41, 5.74) is 0. The summed E-state index contributed by atoms with van der Waals surface area (Å²) in [6.07, 6.45) is 7.69. The van der Waals surface area contributed by atoms with E-state index in [-0.39, 0.29) is 18.5 Å². The molecule has 1 fully saturated rings. The first-order valence-electron chi connectivity index (χ1n) is 5.35. The Morgan fingerprint density at radius 2 is 2.19 bits per heavy atom. The number of carbonyl (C=O) groups is 2. The third-order valence-electron chi connectivity index (χ3n) is 2.35. The van der Waals surface area contributed by atoms with E-state index in [0.717, 1.165) is 12.8 Å². The number of terminal acetylenes is 1. The van der Waals surface area contributed by atoms with Crippen LogP contribution in [-0.4, -0.2) is 41.1 Å². The van der Waals surface area contributed by atoms with E-state index < -0.39 is 5.97 Å². The Morgan fingerprint density at radius 1 is 1.50 bits per heavy atom. The van der Waals surface area contributed by atoms with Gasteiger partial charge in [-0.05, 0) is 19.3 Å². The van der Waals surface area contributed by atoms with Gasteiger partial charge in [0.2, 0.25) is 0 Å². The molecule has 0 atom stereocenters. The Balaban J connectivity index is 2.21. The van der Waals surface area contributed by atoms with E-state index in [4.69, 9.17) is 11.5 Å². The Hall–Kier alpha value is -1.70. The molecule has 2 N–H and O–H groups in total. The fourth-order valence-electron chi connectivity index (χ4n) is 1.39. The van der Waals surface area contributed by atoms with Gasteiger partial charge in [-0.15, -0.1) is 6.42 Å². The number of carboxylic acid groups (broad SMARTS) is 1. The summed E-state index contributed by atoms with van der Waals surface area (Å²) in [6.45, 7) is 0.689. The Bertz CT molecular complexity index is 305. The van der Waals surface area contributed by atoms with Crippen LogP contribution in [0.2, 0.25) is 0 Å². The van der Waals surface area contributed by atoms with E-state index in [1.54, 1.807) is 4.90 Å².